The van der Waals surface area contributed by atoms with Crippen molar-refractivity contribution < 1.29 is 4.52 Å². The van der Waals surface area contributed by atoms with Gasteiger partial charge >= 0.3 is 0 Å². The smallest absolute Gasteiger partial charge is 0.223 e. The summed E-state index contributed by atoms with van der Waals surface area (Å²) in [7, 11) is 0. The van der Waals surface area contributed by atoms with E-state index in [4.69, 9.17) is 10.3 Å². The van der Waals surface area contributed by atoms with Crippen LogP contribution in [0.1, 0.15) is 30.1 Å². The van der Waals surface area contributed by atoms with Crippen LogP contribution in [0.4, 0.5) is 5.69 Å². The maximum atomic E-state index is 5.63. The van der Waals surface area contributed by atoms with Crippen molar-refractivity contribution in [3.63, 3.8) is 0 Å². The Morgan fingerprint density at radius 2 is 2.00 bits per heavy atom. The van der Waals surface area contributed by atoms with Crippen molar-refractivity contribution >= 4 is 5.69 Å². The van der Waals surface area contributed by atoms with Crippen molar-refractivity contribution in [1.29, 1.82) is 0 Å². The SMILES string of the molecule is Cc1nc(C(C)Cc2ccc(N)cc2)no1. The fraction of sp³-hybridized carbons (Fsp3) is 0.333. The maximum absolute atomic E-state index is 5.63. The van der Waals surface area contributed by atoms with Crippen molar-refractivity contribution in [3.8, 4) is 0 Å². The number of rotatable bonds is 3. The molecule has 84 valence electrons. The zero-order valence-corrected chi connectivity index (χ0v) is 9.47. The highest BCUT2D eigenvalue weighted by atomic mass is 16.5. The Kier molecular flexibility index (Phi) is 2.90. The number of aryl methyl sites for hydroxylation is 1. The highest BCUT2D eigenvalue weighted by molar-refractivity contribution is 5.39. The third-order valence-electron chi connectivity index (χ3n) is 2.51. The molecule has 0 aliphatic heterocycles. The normalized spacial score (nSPS) is 12.6. The van der Waals surface area contributed by atoms with Crippen LogP contribution in [0, 0.1) is 6.92 Å². The van der Waals surface area contributed by atoms with Crippen LogP contribution in [-0.2, 0) is 6.42 Å². The van der Waals surface area contributed by atoms with E-state index in [0.717, 1.165) is 17.9 Å². The zero-order chi connectivity index (χ0) is 11.5. The lowest BCUT2D eigenvalue weighted by molar-refractivity contribution is 0.384. The summed E-state index contributed by atoms with van der Waals surface area (Å²) in [6.45, 7) is 3.88. The molecule has 1 atom stereocenters. The fourth-order valence-electron chi connectivity index (χ4n) is 1.61. The summed E-state index contributed by atoms with van der Waals surface area (Å²) >= 11 is 0. The van der Waals surface area contributed by atoms with E-state index in [1.54, 1.807) is 6.92 Å². The minimum absolute atomic E-state index is 0.251. The average Bonchev–Trinajstić information content (AvgIpc) is 2.68. The molecule has 1 aromatic carbocycles. The number of aromatic nitrogens is 2. The van der Waals surface area contributed by atoms with Crippen molar-refractivity contribution in [1.82, 2.24) is 10.1 Å². The van der Waals surface area contributed by atoms with Gasteiger partial charge in [-0.3, -0.25) is 0 Å². The molecular weight excluding hydrogens is 202 g/mol. The van der Waals surface area contributed by atoms with Gasteiger partial charge in [-0.2, -0.15) is 4.98 Å². The molecule has 0 saturated carbocycles. The first-order valence-corrected chi connectivity index (χ1v) is 5.30. The van der Waals surface area contributed by atoms with Crippen LogP contribution in [0.5, 0.6) is 0 Å². The molecule has 4 nitrogen and oxygen atoms in total. The first-order chi connectivity index (χ1) is 7.65. The van der Waals surface area contributed by atoms with E-state index in [1.165, 1.54) is 5.56 Å². The van der Waals surface area contributed by atoms with Crippen molar-refractivity contribution in [3.05, 3.63) is 41.5 Å². The van der Waals surface area contributed by atoms with E-state index in [1.807, 2.05) is 24.3 Å². The predicted octanol–water partition coefficient (Wildman–Crippen LogP) is 2.31. The summed E-state index contributed by atoms with van der Waals surface area (Å²) < 4.78 is 4.96. The van der Waals surface area contributed by atoms with E-state index < -0.39 is 0 Å². The van der Waals surface area contributed by atoms with Crippen LogP contribution in [0.15, 0.2) is 28.8 Å². The largest absolute Gasteiger partial charge is 0.399 e. The summed E-state index contributed by atoms with van der Waals surface area (Å²) in [4.78, 5) is 4.22. The summed E-state index contributed by atoms with van der Waals surface area (Å²) in [6.07, 6.45) is 0.888. The Balaban J connectivity index is 2.07. The lowest BCUT2D eigenvalue weighted by Gasteiger charge is -2.06. The number of benzene rings is 1. The van der Waals surface area contributed by atoms with Gasteiger partial charge in [-0.25, -0.2) is 0 Å². The van der Waals surface area contributed by atoms with Gasteiger partial charge in [0.2, 0.25) is 5.89 Å². The number of nitrogen functional groups attached to an aromatic ring is 1. The van der Waals surface area contributed by atoms with Crippen LogP contribution in [-0.4, -0.2) is 10.1 Å². The molecule has 1 unspecified atom stereocenters. The zero-order valence-electron chi connectivity index (χ0n) is 9.47. The molecule has 1 aromatic heterocycles. The number of anilines is 1. The number of nitrogens with two attached hydrogens (primary N) is 1. The van der Waals surface area contributed by atoms with Crippen LogP contribution in [0.3, 0.4) is 0 Å². The summed E-state index contributed by atoms with van der Waals surface area (Å²) in [5.41, 5.74) is 7.64. The molecule has 0 fully saturated rings. The van der Waals surface area contributed by atoms with Gasteiger partial charge < -0.3 is 10.3 Å². The second-order valence-corrected chi connectivity index (χ2v) is 4.02. The molecule has 0 saturated heterocycles. The molecular formula is C12H15N3O. The van der Waals surface area contributed by atoms with Crippen LogP contribution >= 0.6 is 0 Å². The Hall–Kier alpha value is -1.84. The molecule has 0 amide bonds. The molecule has 2 aromatic rings. The lowest BCUT2D eigenvalue weighted by atomic mass is 10.0. The van der Waals surface area contributed by atoms with Crippen molar-refractivity contribution in [2.45, 2.75) is 26.2 Å². The fourth-order valence-corrected chi connectivity index (χ4v) is 1.61. The van der Waals surface area contributed by atoms with Crippen molar-refractivity contribution in [2.24, 2.45) is 0 Å². The van der Waals surface area contributed by atoms with E-state index in [9.17, 15) is 0 Å². The number of nitrogens with zero attached hydrogens (tertiary/aromatic N) is 2. The first kappa shape index (κ1) is 10.7. The summed E-state index contributed by atoms with van der Waals surface area (Å²) in [5.74, 6) is 1.62. The van der Waals surface area contributed by atoms with Crippen LogP contribution in [0.2, 0.25) is 0 Å². The third kappa shape index (κ3) is 2.39. The molecule has 0 spiro atoms. The Labute approximate surface area is 94.5 Å². The minimum atomic E-state index is 0.251. The van der Waals surface area contributed by atoms with Gasteiger partial charge in [0.15, 0.2) is 5.82 Å². The molecule has 0 bridgehead atoms. The third-order valence-corrected chi connectivity index (χ3v) is 2.51. The van der Waals surface area contributed by atoms with Gasteiger partial charge in [-0.05, 0) is 24.1 Å². The first-order valence-electron chi connectivity index (χ1n) is 5.30. The van der Waals surface area contributed by atoms with Gasteiger partial charge in [-0.15, -0.1) is 0 Å². The highest BCUT2D eigenvalue weighted by Gasteiger charge is 2.12. The van der Waals surface area contributed by atoms with E-state index in [-0.39, 0.29) is 5.92 Å². The molecule has 2 rings (SSSR count). The van der Waals surface area contributed by atoms with E-state index in [2.05, 4.69) is 17.1 Å². The van der Waals surface area contributed by atoms with E-state index in [0.29, 0.717) is 5.89 Å². The second kappa shape index (κ2) is 4.35. The maximum Gasteiger partial charge on any atom is 0.223 e. The van der Waals surface area contributed by atoms with Gasteiger partial charge in [-0.1, -0.05) is 24.2 Å². The highest BCUT2D eigenvalue weighted by Crippen LogP contribution is 2.18. The Morgan fingerprint density at radius 1 is 1.31 bits per heavy atom. The van der Waals surface area contributed by atoms with Gasteiger partial charge in [0.05, 0.1) is 0 Å². The molecule has 0 aliphatic carbocycles. The summed E-state index contributed by atoms with van der Waals surface area (Å²) in [5, 5.41) is 3.92. The molecule has 0 aliphatic rings. The molecule has 4 heteroatoms. The van der Waals surface area contributed by atoms with Gasteiger partial charge in [0, 0.05) is 18.5 Å². The monoisotopic (exact) mass is 217 g/mol. The molecule has 0 radical (unpaired) electrons. The standard InChI is InChI=1S/C12H15N3O/c1-8(12-14-9(2)16-15-12)7-10-3-5-11(13)6-4-10/h3-6,8H,7,13H2,1-2H3. The number of hydrogen-bond acceptors (Lipinski definition) is 4. The van der Waals surface area contributed by atoms with Gasteiger partial charge in [0.25, 0.3) is 0 Å². The van der Waals surface area contributed by atoms with Gasteiger partial charge in [0.1, 0.15) is 0 Å². The Morgan fingerprint density at radius 3 is 2.56 bits per heavy atom. The Bertz CT molecular complexity index is 461. The second-order valence-electron chi connectivity index (χ2n) is 4.02. The van der Waals surface area contributed by atoms with Crippen molar-refractivity contribution in [2.75, 3.05) is 5.73 Å². The molecule has 1 heterocycles. The lowest BCUT2D eigenvalue weighted by Crippen LogP contribution is -2.01. The van der Waals surface area contributed by atoms with Crippen LogP contribution < -0.4 is 5.73 Å². The predicted molar refractivity (Wildman–Crippen MR) is 62.0 cm³/mol. The van der Waals surface area contributed by atoms with Crippen LogP contribution in [0.25, 0.3) is 0 Å². The average molecular weight is 217 g/mol. The quantitative estimate of drug-likeness (QED) is 0.801. The van der Waals surface area contributed by atoms with E-state index >= 15 is 0 Å². The topological polar surface area (TPSA) is 64.9 Å². The number of hydrogen-bond donors (Lipinski definition) is 1. The molecule has 16 heavy (non-hydrogen) atoms. The summed E-state index contributed by atoms with van der Waals surface area (Å²) in [6, 6.07) is 7.87. The molecule has 2 N–H and O–H groups in total. The minimum Gasteiger partial charge on any atom is -0.399 e.